The fourth-order valence-electron chi connectivity index (χ4n) is 1.31. The number of benzene rings is 1. The van der Waals surface area contributed by atoms with Crippen molar-refractivity contribution in [3.63, 3.8) is 0 Å². The van der Waals surface area contributed by atoms with Crippen LogP contribution in [0.15, 0.2) is 23.2 Å². The number of amidine groups is 2. The SMILES string of the molecule is COc1ccc2c(c1)C(=N)N=C2N. The summed E-state index contributed by atoms with van der Waals surface area (Å²) in [7, 11) is 1.59. The fourth-order valence-corrected chi connectivity index (χ4v) is 1.31. The molecule has 13 heavy (non-hydrogen) atoms. The minimum Gasteiger partial charge on any atom is -0.497 e. The summed E-state index contributed by atoms with van der Waals surface area (Å²) in [6.07, 6.45) is 0. The number of aliphatic imine (C=N–C) groups is 1. The van der Waals surface area contributed by atoms with Crippen molar-refractivity contribution in [2.24, 2.45) is 10.7 Å². The molecule has 4 nitrogen and oxygen atoms in total. The maximum Gasteiger partial charge on any atom is 0.155 e. The number of fused-ring (bicyclic) bond motifs is 1. The first-order valence-electron chi connectivity index (χ1n) is 3.84. The van der Waals surface area contributed by atoms with E-state index < -0.39 is 0 Å². The van der Waals surface area contributed by atoms with Gasteiger partial charge in [-0.2, -0.15) is 0 Å². The normalized spacial score (nSPS) is 13.9. The topological polar surface area (TPSA) is 71.5 Å². The number of ether oxygens (including phenoxy) is 1. The summed E-state index contributed by atoms with van der Waals surface area (Å²) in [5.41, 5.74) is 7.14. The zero-order valence-corrected chi connectivity index (χ0v) is 7.16. The van der Waals surface area contributed by atoms with Crippen LogP contribution in [0, 0.1) is 5.41 Å². The number of rotatable bonds is 1. The van der Waals surface area contributed by atoms with Crippen LogP contribution in [-0.2, 0) is 0 Å². The van der Waals surface area contributed by atoms with Crippen LogP contribution in [0.4, 0.5) is 0 Å². The lowest BCUT2D eigenvalue weighted by atomic mass is 10.1. The second kappa shape index (κ2) is 2.58. The highest BCUT2D eigenvalue weighted by molar-refractivity contribution is 6.20. The van der Waals surface area contributed by atoms with E-state index in [1.54, 1.807) is 19.2 Å². The smallest absolute Gasteiger partial charge is 0.155 e. The number of hydrogen-bond donors (Lipinski definition) is 2. The largest absolute Gasteiger partial charge is 0.497 e. The van der Waals surface area contributed by atoms with Gasteiger partial charge in [0.05, 0.1) is 7.11 Å². The molecule has 0 saturated heterocycles. The van der Waals surface area contributed by atoms with Crippen LogP contribution in [0.1, 0.15) is 11.1 Å². The number of hydrogen-bond acceptors (Lipinski definition) is 3. The van der Waals surface area contributed by atoms with Gasteiger partial charge >= 0.3 is 0 Å². The standard InChI is InChI=1S/C9H9N3O/c1-13-5-2-3-6-7(4-5)9(11)12-8(6)10/h2-4H,1H3,(H3,10,11,12). The monoisotopic (exact) mass is 175 g/mol. The molecule has 2 rings (SSSR count). The number of nitrogens with zero attached hydrogens (tertiary/aromatic N) is 1. The lowest BCUT2D eigenvalue weighted by Crippen LogP contribution is -2.10. The molecule has 0 unspecified atom stereocenters. The van der Waals surface area contributed by atoms with Gasteiger partial charge in [-0.05, 0) is 18.2 Å². The molecule has 0 spiro atoms. The molecule has 1 heterocycles. The zero-order valence-electron chi connectivity index (χ0n) is 7.16. The van der Waals surface area contributed by atoms with Gasteiger partial charge in [0.1, 0.15) is 11.6 Å². The van der Waals surface area contributed by atoms with Gasteiger partial charge in [0.25, 0.3) is 0 Å². The van der Waals surface area contributed by atoms with Crippen LogP contribution in [0.2, 0.25) is 0 Å². The van der Waals surface area contributed by atoms with Crippen LogP contribution in [0.5, 0.6) is 5.75 Å². The van der Waals surface area contributed by atoms with E-state index in [0.29, 0.717) is 11.6 Å². The van der Waals surface area contributed by atoms with Crippen LogP contribution >= 0.6 is 0 Å². The fraction of sp³-hybridized carbons (Fsp3) is 0.111. The first-order chi connectivity index (χ1) is 6.22. The molecule has 1 aliphatic rings. The Morgan fingerprint density at radius 1 is 1.38 bits per heavy atom. The van der Waals surface area contributed by atoms with E-state index in [1.807, 2.05) is 6.07 Å². The molecule has 0 radical (unpaired) electrons. The van der Waals surface area contributed by atoms with Crippen LogP contribution in [0.3, 0.4) is 0 Å². The molecule has 0 saturated carbocycles. The van der Waals surface area contributed by atoms with E-state index in [1.165, 1.54) is 0 Å². The van der Waals surface area contributed by atoms with Gasteiger partial charge in [-0.3, -0.25) is 5.41 Å². The molecule has 1 aromatic carbocycles. The molecule has 0 fully saturated rings. The quantitative estimate of drug-likeness (QED) is 0.660. The van der Waals surface area contributed by atoms with Gasteiger partial charge in [-0.1, -0.05) is 0 Å². The van der Waals surface area contributed by atoms with Gasteiger partial charge in [0, 0.05) is 11.1 Å². The molecular weight excluding hydrogens is 166 g/mol. The van der Waals surface area contributed by atoms with E-state index in [9.17, 15) is 0 Å². The van der Waals surface area contributed by atoms with Crippen molar-refractivity contribution >= 4 is 11.7 Å². The Morgan fingerprint density at radius 2 is 2.15 bits per heavy atom. The van der Waals surface area contributed by atoms with Crippen molar-refractivity contribution in [3.05, 3.63) is 29.3 Å². The third-order valence-electron chi connectivity index (χ3n) is 1.99. The van der Waals surface area contributed by atoms with Gasteiger partial charge in [0.15, 0.2) is 5.84 Å². The number of nitrogens with two attached hydrogens (primary N) is 1. The summed E-state index contributed by atoms with van der Waals surface area (Å²) in [5, 5.41) is 7.51. The molecule has 0 aromatic heterocycles. The van der Waals surface area contributed by atoms with Gasteiger partial charge in [-0.15, -0.1) is 0 Å². The van der Waals surface area contributed by atoms with E-state index in [4.69, 9.17) is 15.9 Å². The molecule has 0 atom stereocenters. The molecule has 1 aromatic rings. The molecule has 3 N–H and O–H groups in total. The third-order valence-corrected chi connectivity index (χ3v) is 1.99. The Labute approximate surface area is 75.6 Å². The van der Waals surface area contributed by atoms with Crippen molar-refractivity contribution < 1.29 is 4.74 Å². The molecule has 0 amide bonds. The van der Waals surface area contributed by atoms with Gasteiger partial charge in [0.2, 0.25) is 0 Å². The first-order valence-corrected chi connectivity index (χ1v) is 3.84. The molecular formula is C9H9N3O. The Balaban J connectivity index is 2.58. The lowest BCUT2D eigenvalue weighted by Gasteiger charge is -2.02. The third kappa shape index (κ3) is 1.07. The van der Waals surface area contributed by atoms with Crippen LogP contribution < -0.4 is 10.5 Å². The maximum atomic E-state index is 7.51. The number of nitrogens with one attached hydrogen (secondary N) is 1. The van der Waals surface area contributed by atoms with Crippen LogP contribution in [-0.4, -0.2) is 18.8 Å². The van der Waals surface area contributed by atoms with E-state index in [-0.39, 0.29) is 5.84 Å². The summed E-state index contributed by atoms with van der Waals surface area (Å²) < 4.78 is 5.03. The lowest BCUT2D eigenvalue weighted by molar-refractivity contribution is 0.414. The van der Waals surface area contributed by atoms with Gasteiger partial charge < -0.3 is 10.5 Å². The second-order valence-corrected chi connectivity index (χ2v) is 2.76. The minimum absolute atomic E-state index is 0.200. The van der Waals surface area contributed by atoms with Gasteiger partial charge in [-0.25, -0.2) is 4.99 Å². The first kappa shape index (κ1) is 7.79. The predicted molar refractivity (Wildman–Crippen MR) is 50.5 cm³/mol. The summed E-state index contributed by atoms with van der Waals surface area (Å²) in [6, 6.07) is 5.38. The average molecular weight is 175 g/mol. The molecule has 0 aliphatic carbocycles. The maximum absolute atomic E-state index is 7.51. The van der Waals surface area contributed by atoms with E-state index in [2.05, 4.69) is 4.99 Å². The molecule has 4 heteroatoms. The number of methoxy groups -OCH3 is 1. The Bertz CT molecular complexity index is 409. The summed E-state index contributed by atoms with van der Waals surface area (Å²) in [5.74, 6) is 1.32. The van der Waals surface area contributed by atoms with E-state index in [0.717, 1.165) is 11.1 Å². The Hall–Kier alpha value is -1.84. The Morgan fingerprint density at radius 3 is 2.85 bits per heavy atom. The Kier molecular flexibility index (Phi) is 1.55. The zero-order chi connectivity index (χ0) is 9.42. The highest BCUT2D eigenvalue weighted by Crippen LogP contribution is 2.22. The second-order valence-electron chi connectivity index (χ2n) is 2.76. The summed E-state index contributed by atoms with van der Waals surface area (Å²) in [4.78, 5) is 3.85. The molecule has 0 bridgehead atoms. The molecule has 66 valence electrons. The predicted octanol–water partition coefficient (Wildman–Crippen LogP) is 0.739. The van der Waals surface area contributed by atoms with Crippen molar-refractivity contribution in [3.8, 4) is 5.75 Å². The molecule has 1 aliphatic heterocycles. The van der Waals surface area contributed by atoms with Crippen molar-refractivity contribution in [1.82, 2.24) is 0 Å². The van der Waals surface area contributed by atoms with E-state index >= 15 is 0 Å². The van der Waals surface area contributed by atoms with Crippen molar-refractivity contribution in [2.75, 3.05) is 7.11 Å². The minimum atomic E-state index is 0.200. The highest BCUT2D eigenvalue weighted by atomic mass is 16.5. The van der Waals surface area contributed by atoms with Crippen LogP contribution in [0.25, 0.3) is 0 Å². The van der Waals surface area contributed by atoms with Crippen molar-refractivity contribution in [2.45, 2.75) is 0 Å². The van der Waals surface area contributed by atoms with Crippen molar-refractivity contribution in [1.29, 1.82) is 5.41 Å². The summed E-state index contributed by atoms with van der Waals surface area (Å²) in [6.45, 7) is 0. The highest BCUT2D eigenvalue weighted by Gasteiger charge is 2.18. The summed E-state index contributed by atoms with van der Waals surface area (Å²) >= 11 is 0. The average Bonchev–Trinajstić information content (AvgIpc) is 2.42.